The Balaban J connectivity index is 1.54. The number of ether oxygens (including phenoxy) is 1. The van der Waals surface area contributed by atoms with E-state index < -0.39 is 27.2 Å². The first-order valence-corrected chi connectivity index (χ1v) is 11.8. The van der Waals surface area contributed by atoms with Crippen molar-refractivity contribution in [3.05, 3.63) is 70.3 Å². The fraction of sp³-hybridized carbons (Fsp3) is 0.273. The summed E-state index contributed by atoms with van der Waals surface area (Å²) < 4.78 is 46.8. The lowest BCUT2D eigenvalue weighted by molar-refractivity contribution is 0.0383. The Labute approximate surface area is 189 Å². The van der Waals surface area contributed by atoms with E-state index in [-0.39, 0.29) is 21.5 Å². The second kappa shape index (κ2) is 9.69. The van der Waals surface area contributed by atoms with E-state index in [1.54, 1.807) is 0 Å². The maximum absolute atomic E-state index is 13.9. The Morgan fingerprint density at radius 2 is 1.91 bits per heavy atom. The van der Waals surface area contributed by atoms with Gasteiger partial charge in [0.1, 0.15) is 11.4 Å². The lowest BCUT2D eigenvalue weighted by Gasteiger charge is -2.26. The number of pyridine rings is 1. The molecule has 0 bridgehead atoms. The number of halogens is 1. The SMILES string of the molecule is O=C(NCCN1CCOCC1)c1c[nH]c2ccc(S(=O)(=O)Nc3ccccc3F)cc2c1=O. The van der Waals surface area contributed by atoms with Gasteiger partial charge in [0.2, 0.25) is 5.43 Å². The Morgan fingerprint density at radius 1 is 1.15 bits per heavy atom. The summed E-state index contributed by atoms with van der Waals surface area (Å²) in [6.45, 7) is 3.85. The molecule has 1 saturated heterocycles. The van der Waals surface area contributed by atoms with Gasteiger partial charge in [-0.2, -0.15) is 0 Å². The van der Waals surface area contributed by atoms with E-state index in [4.69, 9.17) is 4.74 Å². The van der Waals surface area contributed by atoms with Crippen molar-refractivity contribution in [1.82, 2.24) is 15.2 Å². The van der Waals surface area contributed by atoms with Crippen molar-refractivity contribution < 1.29 is 22.3 Å². The number of anilines is 1. The normalized spacial score (nSPS) is 14.8. The number of morpholine rings is 1. The standard InChI is InChI=1S/C22H23FN4O5S/c23-18-3-1-2-4-20(18)26-33(30,31)15-5-6-19-16(13-15)21(28)17(14-25-19)22(29)24-7-8-27-9-11-32-12-10-27/h1-6,13-14,26H,7-12H2,(H,24,29)(H,25,28). The molecule has 4 rings (SSSR count). The summed E-state index contributed by atoms with van der Waals surface area (Å²) in [7, 11) is -4.16. The maximum Gasteiger partial charge on any atom is 0.262 e. The smallest absolute Gasteiger partial charge is 0.262 e. The number of hydrogen-bond donors (Lipinski definition) is 3. The third-order valence-electron chi connectivity index (χ3n) is 5.34. The van der Waals surface area contributed by atoms with Gasteiger partial charge in [0.25, 0.3) is 15.9 Å². The summed E-state index contributed by atoms with van der Waals surface area (Å²) in [4.78, 5) is 30.3. The summed E-state index contributed by atoms with van der Waals surface area (Å²) >= 11 is 0. The van der Waals surface area contributed by atoms with E-state index in [2.05, 4.69) is 19.9 Å². The number of para-hydroxylation sites is 1. The zero-order valence-electron chi connectivity index (χ0n) is 17.6. The largest absolute Gasteiger partial charge is 0.379 e. The van der Waals surface area contributed by atoms with Crippen LogP contribution in [0.25, 0.3) is 10.9 Å². The fourth-order valence-electron chi connectivity index (χ4n) is 3.53. The number of aromatic nitrogens is 1. The van der Waals surface area contributed by atoms with Crippen LogP contribution < -0.4 is 15.5 Å². The number of nitrogens with zero attached hydrogens (tertiary/aromatic N) is 1. The number of H-pyrrole nitrogens is 1. The van der Waals surface area contributed by atoms with Gasteiger partial charge in [0, 0.05) is 43.3 Å². The van der Waals surface area contributed by atoms with Crippen molar-refractivity contribution >= 4 is 32.5 Å². The van der Waals surface area contributed by atoms with Crippen LogP contribution >= 0.6 is 0 Å². The van der Waals surface area contributed by atoms with Crippen LogP contribution in [-0.2, 0) is 14.8 Å². The molecule has 0 unspecified atom stereocenters. The van der Waals surface area contributed by atoms with Gasteiger partial charge in [0.05, 0.1) is 23.8 Å². The number of carbonyl (C=O) groups is 1. The first-order chi connectivity index (χ1) is 15.8. The minimum Gasteiger partial charge on any atom is -0.379 e. The van der Waals surface area contributed by atoms with Crippen LogP contribution in [0, 0.1) is 5.82 Å². The molecule has 9 nitrogen and oxygen atoms in total. The molecule has 0 spiro atoms. The highest BCUT2D eigenvalue weighted by molar-refractivity contribution is 7.92. The Morgan fingerprint density at radius 3 is 2.67 bits per heavy atom. The zero-order chi connectivity index (χ0) is 23.4. The number of carbonyl (C=O) groups excluding carboxylic acids is 1. The molecule has 0 saturated carbocycles. The van der Waals surface area contributed by atoms with Crippen molar-refractivity contribution in [3.8, 4) is 0 Å². The average molecular weight is 475 g/mol. The molecular formula is C22H23FN4O5S. The summed E-state index contributed by atoms with van der Waals surface area (Å²) in [5, 5.41) is 2.76. The third-order valence-corrected chi connectivity index (χ3v) is 6.71. The molecule has 3 aromatic rings. The molecule has 1 aliphatic heterocycles. The van der Waals surface area contributed by atoms with Gasteiger partial charge in [-0.25, -0.2) is 12.8 Å². The predicted octanol–water partition coefficient (Wildman–Crippen LogP) is 1.53. The number of benzene rings is 2. The van der Waals surface area contributed by atoms with Crippen LogP contribution in [0.3, 0.4) is 0 Å². The molecule has 0 atom stereocenters. The molecule has 2 heterocycles. The van der Waals surface area contributed by atoms with Gasteiger partial charge >= 0.3 is 0 Å². The number of aromatic amines is 1. The predicted molar refractivity (Wildman–Crippen MR) is 121 cm³/mol. The maximum atomic E-state index is 13.9. The highest BCUT2D eigenvalue weighted by Gasteiger charge is 2.19. The molecule has 1 aromatic heterocycles. The number of hydrogen-bond acceptors (Lipinski definition) is 6. The Bertz CT molecular complexity index is 1340. The lowest BCUT2D eigenvalue weighted by atomic mass is 10.1. The number of fused-ring (bicyclic) bond motifs is 1. The molecule has 1 fully saturated rings. The molecule has 0 radical (unpaired) electrons. The Hall–Kier alpha value is -3.28. The second-order valence-electron chi connectivity index (χ2n) is 7.53. The number of sulfonamides is 1. The minimum atomic E-state index is -4.16. The van der Waals surface area contributed by atoms with Gasteiger partial charge in [-0.15, -0.1) is 0 Å². The number of amides is 1. The van der Waals surface area contributed by atoms with E-state index in [0.29, 0.717) is 31.8 Å². The molecule has 1 aliphatic rings. The molecule has 11 heteroatoms. The van der Waals surface area contributed by atoms with Crippen molar-refractivity contribution in [2.75, 3.05) is 44.1 Å². The molecule has 1 amide bonds. The van der Waals surface area contributed by atoms with E-state index in [9.17, 15) is 22.4 Å². The third kappa shape index (κ3) is 5.21. The Kier molecular flexibility index (Phi) is 6.72. The van der Waals surface area contributed by atoms with Crippen LogP contribution in [0.15, 0.2) is 58.4 Å². The summed E-state index contributed by atoms with van der Waals surface area (Å²) in [5.74, 6) is -1.28. The van der Waals surface area contributed by atoms with E-state index in [0.717, 1.165) is 19.2 Å². The topological polar surface area (TPSA) is 121 Å². The van der Waals surface area contributed by atoms with Gasteiger partial charge in [-0.1, -0.05) is 12.1 Å². The number of rotatable bonds is 7. The average Bonchev–Trinajstić information content (AvgIpc) is 2.81. The second-order valence-corrected chi connectivity index (χ2v) is 9.22. The fourth-order valence-corrected chi connectivity index (χ4v) is 4.62. The zero-order valence-corrected chi connectivity index (χ0v) is 18.5. The van der Waals surface area contributed by atoms with Crippen molar-refractivity contribution in [2.24, 2.45) is 0 Å². The van der Waals surface area contributed by atoms with E-state index in [1.165, 1.54) is 42.6 Å². The van der Waals surface area contributed by atoms with Crippen LogP contribution in [-0.4, -0.2) is 63.6 Å². The minimum absolute atomic E-state index is 0.0345. The van der Waals surface area contributed by atoms with E-state index in [1.807, 2.05) is 0 Å². The van der Waals surface area contributed by atoms with Crippen LogP contribution in [0.1, 0.15) is 10.4 Å². The number of nitrogens with one attached hydrogen (secondary N) is 3. The highest BCUT2D eigenvalue weighted by atomic mass is 32.2. The molecule has 174 valence electrons. The molecule has 0 aliphatic carbocycles. The first-order valence-electron chi connectivity index (χ1n) is 10.4. The molecular weight excluding hydrogens is 451 g/mol. The quantitative estimate of drug-likeness (QED) is 0.478. The monoisotopic (exact) mass is 474 g/mol. The molecule has 3 N–H and O–H groups in total. The summed E-state index contributed by atoms with van der Waals surface area (Å²) in [6.07, 6.45) is 1.31. The van der Waals surface area contributed by atoms with Crippen LogP contribution in [0.2, 0.25) is 0 Å². The first kappa shape index (κ1) is 22.9. The lowest BCUT2D eigenvalue weighted by Crippen LogP contribution is -2.41. The highest BCUT2D eigenvalue weighted by Crippen LogP contribution is 2.21. The van der Waals surface area contributed by atoms with Gasteiger partial charge in [0.15, 0.2) is 0 Å². The van der Waals surface area contributed by atoms with Gasteiger partial charge in [-0.3, -0.25) is 19.2 Å². The van der Waals surface area contributed by atoms with Gasteiger partial charge < -0.3 is 15.0 Å². The van der Waals surface area contributed by atoms with Crippen molar-refractivity contribution in [1.29, 1.82) is 0 Å². The van der Waals surface area contributed by atoms with Crippen LogP contribution in [0.5, 0.6) is 0 Å². The molecule has 2 aromatic carbocycles. The summed E-state index contributed by atoms with van der Waals surface area (Å²) in [5.41, 5.74) is -0.564. The van der Waals surface area contributed by atoms with Crippen LogP contribution in [0.4, 0.5) is 10.1 Å². The molecule has 33 heavy (non-hydrogen) atoms. The van der Waals surface area contributed by atoms with Crippen molar-refractivity contribution in [3.63, 3.8) is 0 Å². The summed E-state index contributed by atoms with van der Waals surface area (Å²) in [6, 6.07) is 9.25. The van der Waals surface area contributed by atoms with Gasteiger partial charge in [-0.05, 0) is 30.3 Å². The van der Waals surface area contributed by atoms with Crippen molar-refractivity contribution in [2.45, 2.75) is 4.90 Å². The van der Waals surface area contributed by atoms with E-state index >= 15 is 0 Å².